The third kappa shape index (κ3) is 3.37. The molecule has 0 saturated heterocycles. The molecule has 2 aromatic rings. The highest BCUT2D eigenvalue weighted by atomic mass is 32.2. The summed E-state index contributed by atoms with van der Waals surface area (Å²) in [5.41, 5.74) is 4.19. The molecule has 0 aromatic heterocycles. The van der Waals surface area contributed by atoms with E-state index in [-0.39, 0.29) is 4.90 Å². The van der Waals surface area contributed by atoms with Gasteiger partial charge in [-0.3, -0.25) is 0 Å². The third-order valence-electron chi connectivity index (χ3n) is 4.31. The summed E-state index contributed by atoms with van der Waals surface area (Å²) in [5.74, 6) is 0. The molecular formula is C19H22N2O2S. The molecule has 3 rings (SSSR count). The number of nitrogens with two attached hydrogens (primary N) is 1. The van der Waals surface area contributed by atoms with Gasteiger partial charge in [-0.2, -0.15) is 0 Å². The van der Waals surface area contributed by atoms with Gasteiger partial charge in [-0.25, -0.2) is 13.6 Å². The summed E-state index contributed by atoms with van der Waals surface area (Å²) < 4.78 is 24.1. The first kappa shape index (κ1) is 16.7. The first-order valence-corrected chi connectivity index (χ1v) is 9.70. The average Bonchev–Trinajstić information content (AvgIpc) is 2.56. The summed E-state index contributed by atoms with van der Waals surface area (Å²) in [4.78, 5) is 2.33. The highest BCUT2D eigenvalue weighted by molar-refractivity contribution is 7.89. The molecule has 1 heterocycles. The summed E-state index contributed by atoms with van der Waals surface area (Å²) >= 11 is 0. The van der Waals surface area contributed by atoms with Gasteiger partial charge in [0.25, 0.3) is 0 Å². The summed E-state index contributed by atoms with van der Waals surface area (Å²) in [6, 6.07) is 13.6. The fourth-order valence-corrected chi connectivity index (χ4v) is 4.03. The predicted molar refractivity (Wildman–Crippen MR) is 97.3 cm³/mol. The van der Waals surface area contributed by atoms with Crippen LogP contribution in [0, 0.1) is 0 Å². The molecular weight excluding hydrogens is 320 g/mol. The molecule has 2 N–H and O–H groups in total. The first-order valence-electron chi connectivity index (χ1n) is 8.15. The normalized spacial score (nSPS) is 13.8. The Kier molecular flexibility index (Phi) is 4.73. The second-order valence-electron chi connectivity index (χ2n) is 6.03. The lowest BCUT2D eigenvalue weighted by molar-refractivity contribution is 0.596. The van der Waals surface area contributed by atoms with Crippen molar-refractivity contribution >= 4 is 15.7 Å². The molecule has 2 aromatic carbocycles. The topological polar surface area (TPSA) is 63.4 Å². The van der Waals surface area contributed by atoms with E-state index in [9.17, 15) is 8.42 Å². The minimum atomic E-state index is -3.75. The van der Waals surface area contributed by atoms with Gasteiger partial charge in [-0.05, 0) is 41.7 Å². The van der Waals surface area contributed by atoms with Crippen molar-refractivity contribution in [2.75, 3.05) is 4.90 Å². The second-order valence-corrected chi connectivity index (χ2v) is 7.56. The maximum absolute atomic E-state index is 12.0. The van der Waals surface area contributed by atoms with Crippen LogP contribution in [0.5, 0.6) is 0 Å². The third-order valence-corrected chi connectivity index (χ3v) is 5.30. The maximum Gasteiger partial charge on any atom is 0.238 e. The Bertz CT molecular complexity index is 873. The average molecular weight is 342 g/mol. The Morgan fingerprint density at radius 2 is 1.92 bits per heavy atom. The predicted octanol–water partition coefficient (Wildman–Crippen LogP) is 3.36. The van der Waals surface area contributed by atoms with Gasteiger partial charge in [0, 0.05) is 18.4 Å². The zero-order chi connectivity index (χ0) is 17.2. The Labute approximate surface area is 143 Å². The van der Waals surface area contributed by atoms with Gasteiger partial charge in [0.1, 0.15) is 0 Å². The molecule has 0 atom stereocenters. The van der Waals surface area contributed by atoms with E-state index >= 15 is 0 Å². The van der Waals surface area contributed by atoms with E-state index in [4.69, 9.17) is 5.14 Å². The van der Waals surface area contributed by atoms with E-state index in [0.29, 0.717) is 6.54 Å². The SMILES string of the molecule is CCCc1cccc(S(N)(=O)=O)c1CN1C=CCc2ccccc21. The molecule has 24 heavy (non-hydrogen) atoms. The minimum absolute atomic E-state index is 0.227. The maximum atomic E-state index is 12.0. The number of anilines is 1. The molecule has 126 valence electrons. The van der Waals surface area contributed by atoms with E-state index in [2.05, 4.69) is 30.0 Å². The van der Waals surface area contributed by atoms with Crippen molar-refractivity contribution in [3.63, 3.8) is 0 Å². The van der Waals surface area contributed by atoms with Gasteiger partial charge in [0.15, 0.2) is 0 Å². The zero-order valence-electron chi connectivity index (χ0n) is 13.8. The van der Waals surface area contributed by atoms with E-state index < -0.39 is 10.0 Å². The largest absolute Gasteiger partial charge is 0.344 e. The van der Waals surface area contributed by atoms with Crippen LogP contribution in [-0.2, 0) is 29.4 Å². The number of aryl methyl sites for hydroxylation is 1. The van der Waals surface area contributed by atoms with Crippen molar-refractivity contribution in [1.82, 2.24) is 0 Å². The Hall–Kier alpha value is -2.11. The smallest absolute Gasteiger partial charge is 0.238 e. The number of sulfonamides is 1. The molecule has 0 spiro atoms. The van der Waals surface area contributed by atoms with Gasteiger partial charge in [0.2, 0.25) is 10.0 Å². The lowest BCUT2D eigenvalue weighted by atomic mass is 10.0. The molecule has 4 nitrogen and oxygen atoms in total. The molecule has 0 unspecified atom stereocenters. The van der Waals surface area contributed by atoms with Crippen molar-refractivity contribution in [1.29, 1.82) is 0 Å². The fourth-order valence-electron chi connectivity index (χ4n) is 3.22. The van der Waals surface area contributed by atoms with Crippen molar-refractivity contribution in [3.8, 4) is 0 Å². The molecule has 0 fully saturated rings. The van der Waals surface area contributed by atoms with Gasteiger partial charge in [0.05, 0.1) is 4.90 Å². The monoisotopic (exact) mass is 342 g/mol. The first-order chi connectivity index (χ1) is 11.5. The van der Waals surface area contributed by atoms with E-state index in [1.54, 1.807) is 12.1 Å². The second kappa shape index (κ2) is 6.79. The summed E-state index contributed by atoms with van der Waals surface area (Å²) in [6.07, 6.45) is 6.80. The van der Waals surface area contributed by atoms with Crippen LogP contribution >= 0.6 is 0 Å². The molecule has 0 radical (unpaired) electrons. The van der Waals surface area contributed by atoms with Crippen LogP contribution < -0.4 is 10.0 Å². The number of allylic oxidation sites excluding steroid dienone is 1. The summed E-state index contributed by atoms with van der Waals surface area (Å²) in [7, 11) is -3.75. The van der Waals surface area contributed by atoms with Crippen LogP contribution in [-0.4, -0.2) is 8.42 Å². The van der Waals surface area contributed by atoms with Crippen molar-refractivity contribution in [2.24, 2.45) is 5.14 Å². The van der Waals surface area contributed by atoms with Crippen LogP contribution in [0.25, 0.3) is 0 Å². The highest BCUT2D eigenvalue weighted by Gasteiger charge is 2.20. The number of nitrogens with zero attached hydrogens (tertiary/aromatic N) is 1. The Balaban J connectivity index is 2.06. The highest BCUT2D eigenvalue weighted by Crippen LogP contribution is 2.30. The van der Waals surface area contributed by atoms with Crippen LogP contribution in [0.15, 0.2) is 59.6 Å². The van der Waals surface area contributed by atoms with Gasteiger partial charge >= 0.3 is 0 Å². The number of hydrogen-bond donors (Lipinski definition) is 1. The van der Waals surface area contributed by atoms with Crippen molar-refractivity contribution < 1.29 is 8.42 Å². The van der Waals surface area contributed by atoms with Crippen molar-refractivity contribution in [2.45, 2.75) is 37.6 Å². The standard InChI is InChI=1S/C19H22N2O2S/c1-2-7-15-9-5-12-19(24(20,22)23)17(15)14-21-13-6-10-16-8-3-4-11-18(16)21/h3-6,8-9,11-13H,2,7,10,14H2,1H3,(H2,20,22,23). The van der Waals surface area contributed by atoms with E-state index in [1.165, 1.54) is 5.56 Å². The molecule has 0 aliphatic carbocycles. The molecule has 0 bridgehead atoms. The quantitative estimate of drug-likeness (QED) is 0.906. The number of rotatable bonds is 5. The van der Waals surface area contributed by atoms with Gasteiger partial charge in [-0.15, -0.1) is 0 Å². The van der Waals surface area contributed by atoms with Crippen LogP contribution in [0.2, 0.25) is 0 Å². The number of hydrogen-bond acceptors (Lipinski definition) is 3. The number of fused-ring (bicyclic) bond motifs is 1. The molecule has 0 saturated carbocycles. The van der Waals surface area contributed by atoms with Gasteiger partial charge in [-0.1, -0.05) is 49.8 Å². The van der Waals surface area contributed by atoms with Gasteiger partial charge < -0.3 is 4.90 Å². The summed E-state index contributed by atoms with van der Waals surface area (Å²) in [6.45, 7) is 2.58. The Morgan fingerprint density at radius 1 is 1.12 bits per heavy atom. The summed E-state index contributed by atoms with van der Waals surface area (Å²) in [5, 5.41) is 5.46. The number of primary sulfonamides is 1. The zero-order valence-corrected chi connectivity index (χ0v) is 14.6. The molecule has 0 amide bonds. The molecule has 1 aliphatic heterocycles. The number of para-hydroxylation sites is 1. The fraction of sp³-hybridized carbons (Fsp3) is 0.263. The van der Waals surface area contributed by atoms with Crippen LogP contribution in [0.3, 0.4) is 0 Å². The molecule has 1 aliphatic rings. The van der Waals surface area contributed by atoms with E-state index in [0.717, 1.165) is 36.1 Å². The lowest BCUT2D eigenvalue weighted by Crippen LogP contribution is -2.23. The minimum Gasteiger partial charge on any atom is -0.344 e. The number of benzene rings is 2. The van der Waals surface area contributed by atoms with Crippen LogP contribution in [0.1, 0.15) is 30.0 Å². The van der Waals surface area contributed by atoms with Crippen LogP contribution in [0.4, 0.5) is 5.69 Å². The molecule has 5 heteroatoms. The lowest BCUT2D eigenvalue weighted by Gasteiger charge is -2.28. The Morgan fingerprint density at radius 3 is 2.67 bits per heavy atom. The van der Waals surface area contributed by atoms with E-state index in [1.807, 2.05) is 24.4 Å². The van der Waals surface area contributed by atoms with Crippen molar-refractivity contribution in [3.05, 3.63) is 71.4 Å².